The summed E-state index contributed by atoms with van der Waals surface area (Å²) in [4.78, 5) is 16.6. The van der Waals surface area contributed by atoms with Crippen molar-refractivity contribution in [2.75, 3.05) is 7.05 Å². The molecule has 1 unspecified atom stereocenters. The molecule has 1 aliphatic carbocycles. The number of nitrogens with zero attached hydrogens (tertiary/aromatic N) is 1. The maximum atomic E-state index is 12.4. The van der Waals surface area contributed by atoms with Gasteiger partial charge in [-0.2, -0.15) is 0 Å². The molecule has 3 nitrogen and oxygen atoms in total. The summed E-state index contributed by atoms with van der Waals surface area (Å²) in [6.07, 6.45) is 5.98. The van der Waals surface area contributed by atoms with E-state index >= 15 is 0 Å². The molecule has 5 heteroatoms. The molecule has 0 spiro atoms. The summed E-state index contributed by atoms with van der Waals surface area (Å²) >= 11 is 6.59. The lowest BCUT2D eigenvalue weighted by atomic mass is 10.1. The molecule has 0 bridgehead atoms. The number of hydrogen-bond donors (Lipinski definition) is 1. The molecule has 1 heterocycles. The van der Waals surface area contributed by atoms with Crippen LogP contribution in [0.1, 0.15) is 46.3 Å². The van der Waals surface area contributed by atoms with Gasteiger partial charge in [0.15, 0.2) is 0 Å². The number of fused-ring (bicyclic) bond motifs is 1. The summed E-state index contributed by atoms with van der Waals surface area (Å²) in [5.74, 6) is 0.0263. The second kappa shape index (κ2) is 6.01. The maximum absolute atomic E-state index is 12.4. The Hall–Kier alpha value is -0.940. The Morgan fingerprint density at radius 3 is 2.79 bits per heavy atom. The average molecular weight is 296 g/mol. The van der Waals surface area contributed by atoms with Gasteiger partial charge in [-0.15, -0.1) is 11.3 Å². The Kier molecular flexibility index (Phi) is 4.58. The van der Waals surface area contributed by atoms with E-state index in [0.29, 0.717) is 4.99 Å². The van der Waals surface area contributed by atoms with Crippen molar-refractivity contribution in [3.63, 3.8) is 0 Å². The highest BCUT2D eigenvalue weighted by molar-refractivity contribution is 7.80. The molecule has 1 amide bonds. The van der Waals surface area contributed by atoms with E-state index in [1.54, 1.807) is 23.3 Å². The molecule has 0 saturated heterocycles. The Morgan fingerprint density at radius 1 is 1.42 bits per heavy atom. The predicted octanol–water partition coefficient (Wildman–Crippen LogP) is 2.76. The lowest BCUT2D eigenvalue weighted by Crippen LogP contribution is -2.42. The molecule has 2 N–H and O–H groups in total. The van der Waals surface area contributed by atoms with Gasteiger partial charge in [-0.25, -0.2) is 0 Å². The van der Waals surface area contributed by atoms with Crippen LogP contribution < -0.4 is 5.73 Å². The second-order valence-corrected chi connectivity index (χ2v) is 6.72. The van der Waals surface area contributed by atoms with E-state index in [0.717, 1.165) is 17.7 Å². The maximum Gasteiger partial charge on any atom is 0.264 e. The zero-order chi connectivity index (χ0) is 14.0. The zero-order valence-electron chi connectivity index (χ0n) is 11.4. The molecule has 0 saturated carbocycles. The van der Waals surface area contributed by atoms with Gasteiger partial charge in [0, 0.05) is 11.9 Å². The molecular formula is C14H20N2OS2. The van der Waals surface area contributed by atoms with Crippen molar-refractivity contribution < 1.29 is 4.79 Å². The van der Waals surface area contributed by atoms with E-state index in [4.69, 9.17) is 18.0 Å². The van der Waals surface area contributed by atoms with Crippen LogP contribution in [0.2, 0.25) is 0 Å². The molecule has 0 aromatic carbocycles. The van der Waals surface area contributed by atoms with Crippen LogP contribution in [0.5, 0.6) is 0 Å². The van der Waals surface area contributed by atoms with Crippen LogP contribution in [0.15, 0.2) is 6.07 Å². The minimum Gasteiger partial charge on any atom is -0.392 e. The highest BCUT2D eigenvalue weighted by Gasteiger charge is 2.22. The Morgan fingerprint density at radius 2 is 2.11 bits per heavy atom. The number of thiophene rings is 1. The summed E-state index contributed by atoms with van der Waals surface area (Å²) < 4.78 is 0. The first-order chi connectivity index (χ1) is 9.00. The molecule has 19 heavy (non-hydrogen) atoms. The van der Waals surface area contributed by atoms with Gasteiger partial charge in [0.25, 0.3) is 5.91 Å². The molecule has 1 aromatic rings. The number of aryl methyl sites for hydroxylation is 2. The van der Waals surface area contributed by atoms with Gasteiger partial charge < -0.3 is 10.6 Å². The highest BCUT2D eigenvalue weighted by Crippen LogP contribution is 2.29. The third-order valence-electron chi connectivity index (χ3n) is 3.77. The highest BCUT2D eigenvalue weighted by atomic mass is 32.1. The SMILES string of the molecule is CC(C(N)=S)N(C)C(=O)c1cc2c(s1)CCCCC2. The molecule has 1 atom stereocenters. The van der Waals surface area contributed by atoms with Gasteiger partial charge in [0.2, 0.25) is 0 Å². The number of rotatable bonds is 3. The number of thiocarbonyl (C=S) groups is 1. The smallest absolute Gasteiger partial charge is 0.264 e. The topological polar surface area (TPSA) is 46.3 Å². The van der Waals surface area contributed by atoms with E-state index < -0.39 is 0 Å². The first-order valence-electron chi connectivity index (χ1n) is 6.68. The van der Waals surface area contributed by atoms with Crippen LogP contribution in [0.25, 0.3) is 0 Å². The van der Waals surface area contributed by atoms with E-state index in [1.165, 1.54) is 29.7 Å². The van der Waals surface area contributed by atoms with Gasteiger partial charge >= 0.3 is 0 Å². The fourth-order valence-electron chi connectivity index (χ4n) is 2.31. The molecule has 0 aliphatic heterocycles. The predicted molar refractivity (Wildman–Crippen MR) is 83.9 cm³/mol. The first-order valence-corrected chi connectivity index (χ1v) is 7.91. The van der Waals surface area contributed by atoms with Crippen molar-refractivity contribution in [2.24, 2.45) is 5.73 Å². The fraction of sp³-hybridized carbons (Fsp3) is 0.571. The van der Waals surface area contributed by atoms with Crippen LogP contribution in [0.3, 0.4) is 0 Å². The zero-order valence-corrected chi connectivity index (χ0v) is 13.1. The Labute approximate surface area is 123 Å². The van der Waals surface area contributed by atoms with Crippen molar-refractivity contribution in [1.82, 2.24) is 4.90 Å². The van der Waals surface area contributed by atoms with Gasteiger partial charge in [0.05, 0.1) is 15.9 Å². The summed E-state index contributed by atoms with van der Waals surface area (Å²) in [6.45, 7) is 1.86. The third kappa shape index (κ3) is 3.15. The largest absolute Gasteiger partial charge is 0.392 e. The quantitative estimate of drug-likeness (QED) is 0.689. The van der Waals surface area contributed by atoms with Crippen LogP contribution >= 0.6 is 23.6 Å². The standard InChI is InChI=1S/C14H20N2OS2/c1-9(13(15)18)16(2)14(17)12-8-10-6-4-3-5-7-11(10)19-12/h8-9H,3-7H2,1-2H3,(H2,15,18). The Bertz CT molecular complexity index is 472. The molecule has 104 valence electrons. The normalized spacial score (nSPS) is 16.3. The molecule has 2 rings (SSSR count). The molecular weight excluding hydrogens is 276 g/mol. The van der Waals surface area contributed by atoms with Gasteiger partial charge in [-0.1, -0.05) is 18.6 Å². The lowest BCUT2D eigenvalue weighted by Gasteiger charge is -2.23. The first kappa shape index (κ1) is 14.5. The van der Waals surface area contributed by atoms with Crippen LogP contribution in [-0.4, -0.2) is 28.9 Å². The lowest BCUT2D eigenvalue weighted by molar-refractivity contribution is 0.0783. The van der Waals surface area contributed by atoms with Crippen molar-refractivity contribution >= 4 is 34.5 Å². The fourth-order valence-corrected chi connectivity index (χ4v) is 3.71. The molecule has 1 aromatic heterocycles. The summed E-state index contributed by atoms with van der Waals surface area (Å²) in [6, 6.07) is 1.86. The molecule has 0 fully saturated rings. The van der Waals surface area contributed by atoms with E-state index in [1.807, 2.05) is 6.92 Å². The van der Waals surface area contributed by atoms with Crippen molar-refractivity contribution in [3.05, 3.63) is 21.4 Å². The van der Waals surface area contributed by atoms with Crippen molar-refractivity contribution in [1.29, 1.82) is 0 Å². The minimum atomic E-state index is -0.204. The van der Waals surface area contributed by atoms with Gasteiger partial charge in [-0.3, -0.25) is 4.79 Å². The summed E-state index contributed by atoms with van der Waals surface area (Å²) in [7, 11) is 1.76. The van der Waals surface area contributed by atoms with E-state index in [9.17, 15) is 4.79 Å². The van der Waals surface area contributed by atoms with Crippen LogP contribution in [0.4, 0.5) is 0 Å². The monoisotopic (exact) mass is 296 g/mol. The van der Waals surface area contributed by atoms with Crippen molar-refractivity contribution in [2.45, 2.75) is 45.1 Å². The molecule has 0 radical (unpaired) electrons. The minimum absolute atomic E-state index is 0.0263. The van der Waals surface area contributed by atoms with Crippen LogP contribution in [0, 0.1) is 0 Å². The summed E-state index contributed by atoms with van der Waals surface area (Å²) in [5, 5.41) is 0. The number of amides is 1. The average Bonchev–Trinajstić information content (AvgIpc) is 2.67. The summed E-state index contributed by atoms with van der Waals surface area (Å²) in [5.41, 5.74) is 6.97. The second-order valence-electron chi connectivity index (χ2n) is 5.11. The number of carbonyl (C=O) groups excluding carboxylic acids is 1. The van der Waals surface area contributed by atoms with Gasteiger partial charge in [-0.05, 0) is 44.2 Å². The Balaban J connectivity index is 2.18. The number of nitrogens with two attached hydrogens (primary N) is 1. The number of likely N-dealkylation sites (N-methyl/N-ethyl adjacent to an activating group) is 1. The number of hydrogen-bond acceptors (Lipinski definition) is 3. The van der Waals surface area contributed by atoms with Crippen molar-refractivity contribution in [3.8, 4) is 0 Å². The van der Waals surface area contributed by atoms with E-state index in [-0.39, 0.29) is 11.9 Å². The number of carbonyl (C=O) groups is 1. The van der Waals surface area contributed by atoms with Gasteiger partial charge in [0.1, 0.15) is 0 Å². The van der Waals surface area contributed by atoms with Crippen LogP contribution in [-0.2, 0) is 12.8 Å². The van der Waals surface area contributed by atoms with E-state index in [2.05, 4.69) is 6.07 Å². The third-order valence-corrected chi connectivity index (χ3v) is 5.34. The molecule has 1 aliphatic rings.